The highest BCUT2D eigenvalue weighted by molar-refractivity contribution is 5.81. The Morgan fingerprint density at radius 3 is 2.01 bits per heavy atom. The van der Waals surface area contributed by atoms with E-state index in [4.69, 9.17) is 37.9 Å². The van der Waals surface area contributed by atoms with Gasteiger partial charge in [0.05, 0.1) is 37.4 Å². The van der Waals surface area contributed by atoms with Crippen LogP contribution in [0, 0.1) is 44.8 Å². The standard InChI is InChI=1S/C52H82O21/c1-23(24(2)53)11-16-52(47(65)73-45-41(64)38(61)36(59)29(70-45)22-68-46-42(35(58)28(55)21-67-46)72-44-40(63)37(60)33(56)25(3)69-44)18-17-50(7)26(19-52)9-10-31-49(6)14-13-32(48(4,5)30(49)12-15-51(31,50)8)71-43-39(62)34(57)27(54)20-66-43/h9-10,19,23,25,27-46,54-64H,11-18,20-22H2,1-8H3/t23-,25-,27-,28-,29-,30+,31+,32+,33-,34+,35+,36-,37+,38+,39-,40-,41-,42-,43+,44+,45+,46+,49+,50+,51-,52-/m0/s1. The second kappa shape index (κ2) is 21.3. The highest BCUT2D eigenvalue weighted by atomic mass is 16.8. The number of aliphatic hydroxyl groups is 11. The molecule has 6 fully saturated rings. The molecule has 2 saturated carbocycles. The van der Waals surface area contributed by atoms with Crippen molar-refractivity contribution in [3.05, 3.63) is 23.8 Å². The monoisotopic (exact) mass is 1040 g/mol. The lowest BCUT2D eigenvalue weighted by atomic mass is 9.36. The molecule has 0 unspecified atom stereocenters. The third kappa shape index (κ3) is 10.1. The third-order valence-corrected chi connectivity index (χ3v) is 19.4. The number of rotatable bonds is 13. The Morgan fingerprint density at radius 2 is 1.33 bits per heavy atom. The van der Waals surface area contributed by atoms with E-state index in [1.54, 1.807) is 6.92 Å². The number of allylic oxidation sites excluding steroid dienone is 3. The van der Waals surface area contributed by atoms with Crippen LogP contribution in [0.25, 0.3) is 0 Å². The number of ketones is 1. The Kier molecular flexibility index (Phi) is 16.6. The summed E-state index contributed by atoms with van der Waals surface area (Å²) in [5, 5.41) is 117. The van der Waals surface area contributed by atoms with Gasteiger partial charge in [-0.25, -0.2) is 0 Å². The maximum atomic E-state index is 14.9. The van der Waals surface area contributed by atoms with E-state index in [0.717, 1.165) is 24.8 Å². The van der Waals surface area contributed by atoms with Crippen LogP contribution in [0.1, 0.15) is 107 Å². The fourth-order valence-corrected chi connectivity index (χ4v) is 14.1. The first kappa shape index (κ1) is 57.1. The first-order chi connectivity index (χ1) is 34.1. The van der Waals surface area contributed by atoms with E-state index in [0.29, 0.717) is 25.7 Å². The van der Waals surface area contributed by atoms with Crippen LogP contribution in [0.3, 0.4) is 0 Å². The smallest absolute Gasteiger partial charge is 0.318 e. The minimum absolute atomic E-state index is 0.0485. The van der Waals surface area contributed by atoms with Gasteiger partial charge in [0.15, 0.2) is 18.9 Å². The van der Waals surface area contributed by atoms with Gasteiger partial charge >= 0.3 is 5.97 Å². The van der Waals surface area contributed by atoms with Gasteiger partial charge in [0.2, 0.25) is 6.29 Å². The average molecular weight is 1040 g/mol. The molecule has 0 bridgehead atoms. The molecular weight excluding hydrogens is 961 g/mol. The summed E-state index contributed by atoms with van der Waals surface area (Å²) >= 11 is 0. The van der Waals surface area contributed by atoms with Crippen molar-refractivity contribution < 1.29 is 104 Å². The minimum Gasteiger partial charge on any atom is -0.432 e. The zero-order chi connectivity index (χ0) is 53.5. The Hall–Kier alpha value is -2.10. The van der Waals surface area contributed by atoms with Crippen molar-refractivity contribution in [1.29, 1.82) is 0 Å². The van der Waals surface area contributed by atoms with Crippen LogP contribution in [0.5, 0.6) is 0 Å². The van der Waals surface area contributed by atoms with Gasteiger partial charge in [-0.15, -0.1) is 0 Å². The number of carbonyl (C=O) groups is 2. The van der Waals surface area contributed by atoms with E-state index in [2.05, 4.69) is 46.8 Å². The molecule has 8 aliphatic rings. The zero-order valence-electron chi connectivity index (χ0n) is 43.2. The van der Waals surface area contributed by atoms with Crippen LogP contribution >= 0.6 is 0 Å². The van der Waals surface area contributed by atoms with Crippen LogP contribution < -0.4 is 0 Å². The quantitative estimate of drug-likeness (QED) is 0.0827. The number of hydrogen-bond donors (Lipinski definition) is 11. The van der Waals surface area contributed by atoms with Crippen molar-refractivity contribution in [3.8, 4) is 0 Å². The summed E-state index contributed by atoms with van der Waals surface area (Å²) in [7, 11) is 0. The normalized spacial score (nSPS) is 51.2. The number of esters is 1. The van der Waals surface area contributed by atoms with Gasteiger partial charge in [-0.2, -0.15) is 0 Å². The molecule has 73 heavy (non-hydrogen) atoms. The second-order valence-corrected chi connectivity index (χ2v) is 24.0. The number of carbonyl (C=O) groups excluding carboxylic acids is 2. The van der Waals surface area contributed by atoms with E-state index in [9.17, 15) is 65.8 Å². The van der Waals surface area contributed by atoms with Gasteiger partial charge in [0.1, 0.15) is 85.1 Å². The van der Waals surface area contributed by atoms with Crippen molar-refractivity contribution in [1.82, 2.24) is 0 Å². The van der Waals surface area contributed by atoms with Gasteiger partial charge in [-0.05, 0) is 104 Å². The Labute approximate surface area is 426 Å². The SMILES string of the molecule is CC(=O)[C@@H](C)CC[C@@]1(C(=O)O[C@H]2O[C@@H](CO[C@H]3OC[C@H](O)[C@@H](O)[C@@H]3O[C@H]3O[C@@H](C)[C@H](O)[C@@H](O)[C@@H]3O)[C@H](O)[C@@H](O)[C@@H]2O)C=C2C=C[C@@H]3[C@]4(C)CC[C@@H](O[C@H]5OC[C@H](O)[C@@H](O)[C@@H]5O)C(C)(C)[C@H]4CC[C@]3(C)[C@]2(C)CC1. The van der Waals surface area contributed by atoms with Crippen LogP contribution in [-0.2, 0) is 47.5 Å². The first-order valence-electron chi connectivity index (χ1n) is 26.2. The lowest BCUT2D eigenvalue weighted by Crippen LogP contribution is -2.64. The minimum atomic E-state index is -1.91. The molecule has 0 aromatic carbocycles. The lowest BCUT2D eigenvalue weighted by molar-refractivity contribution is -0.359. The highest BCUT2D eigenvalue weighted by Crippen LogP contribution is 2.73. The van der Waals surface area contributed by atoms with Crippen molar-refractivity contribution >= 4 is 11.8 Å². The summed E-state index contributed by atoms with van der Waals surface area (Å²) < 4.78 is 46.9. The molecule has 0 radical (unpaired) electrons. The summed E-state index contributed by atoms with van der Waals surface area (Å²) in [6.45, 7) is 14.9. The van der Waals surface area contributed by atoms with Crippen LogP contribution in [0.4, 0.5) is 0 Å². The summed E-state index contributed by atoms with van der Waals surface area (Å²) in [6.07, 6.45) is -16.9. The maximum absolute atomic E-state index is 14.9. The molecule has 8 rings (SSSR count). The van der Waals surface area contributed by atoms with E-state index in [1.165, 1.54) is 13.8 Å². The number of aliphatic hydroxyl groups excluding tert-OH is 11. The lowest BCUT2D eigenvalue weighted by Gasteiger charge is -2.69. The molecule has 0 aromatic rings. The Morgan fingerprint density at radius 1 is 0.699 bits per heavy atom. The van der Waals surface area contributed by atoms with Gasteiger partial charge in [0, 0.05) is 5.92 Å². The van der Waals surface area contributed by atoms with Gasteiger partial charge in [0.25, 0.3) is 0 Å². The second-order valence-electron chi connectivity index (χ2n) is 24.0. The molecule has 0 amide bonds. The fraction of sp³-hybridized carbons (Fsp3) is 0.885. The molecule has 0 aromatic heterocycles. The summed E-state index contributed by atoms with van der Waals surface area (Å²) in [5.74, 6) is -0.874. The van der Waals surface area contributed by atoms with Gasteiger partial charge in [-0.3, -0.25) is 9.59 Å². The molecule has 416 valence electrons. The third-order valence-electron chi connectivity index (χ3n) is 19.4. The fourth-order valence-electron chi connectivity index (χ4n) is 14.1. The highest BCUT2D eigenvalue weighted by Gasteiger charge is 2.67. The Bertz CT molecular complexity index is 2040. The summed E-state index contributed by atoms with van der Waals surface area (Å²) in [6, 6.07) is 0. The number of hydrogen-bond acceptors (Lipinski definition) is 21. The molecule has 21 heteroatoms. The molecular formula is C52H82O21. The maximum Gasteiger partial charge on any atom is 0.318 e. The average Bonchev–Trinajstić information content (AvgIpc) is 3.34. The van der Waals surface area contributed by atoms with Crippen LogP contribution in [0.2, 0.25) is 0 Å². The van der Waals surface area contributed by atoms with Crippen molar-refractivity contribution in [2.75, 3.05) is 19.8 Å². The van der Waals surface area contributed by atoms with Gasteiger partial charge < -0.3 is 94.1 Å². The molecule has 21 nitrogen and oxygen atoms in total. The molecule has 4 aliphatic heterocycles. The molecule has 4 heterocycles. The summed E-state index contributed by atoms with van der Waals surface area (Å²) in [4.78, 5) is 27.5. The Balaban J connectivity index is 1.00. The molecule has 4 aliphatic carbocycles. The van der Waals surface area contributed by atoms with Gasteiger partial charge in [-0.1, -0.05) is 59.8 Å². The topological polar surface area (TPSA) is 331 Å². The van der Waals surface area contributed by atoms with Crippen LogP contribution in [-0.4, -0.2) is 204 Å². The molecule has 4 saturated heterocycles. The van der Waals surface area contributed by atoms with Crippen molar-refractivity contribution in [3.63, 3.8) is 0 Å². The molecule has 26 atom stereocenters. The first-order valence-corrected chi connectivity index (χ1v) is 26.2. The summed E-state index contributed by atoms with van der Waals surface area (Å²) in [5.41, 5.74) is -1.58. The molecule has 11 N–H and O–H groups in total. The van der Waals surface area contributed by atoms with Crippen molar-refractivity contribution in [2.45, 2.75) is 223 Å². The van der Waals surface area contributed by atoms with E-state index in [1.807, 2.05) is 6.08 Å². The molecule has 0 spiro atoms. The van der Waals surface area contributed by atoms with E-state index >= 15 is 0 Å². The van der Waals surface area contributed by atoms with Crippen molar-refractivity contribution in [2.24, 2.45) is 44.8 Å². The zero-order valence-corrected chi connectivity index (χ0v) is 43.2. The predicted octanol–water partition coefficient (Wildman–Crippen LogP) is -0.384. The number of ether oxygens (including phenoxy) is 8. The van der Waals surface area contributed by atoms with E-state index in [-0.39, 0.29) is 58.9 Å². The van der Waals surface area contributed by atoms with E-state index < -0.39 is 141 Å². The van der Waals surface area contributed by atoms with Crippen LogP contribution in [0.15, 0.2) is 23.8 Å². The largest absolute Gasteiger partial charge is 0.432 e. The number of fused-ring (bicyclic) bond motifs is 5. The predicted molar refractivity (Wildman–Crippen MR) is 252 cm³/mol. The number of Topliss-reactive ketones (excluding diaryl/α,β-unsaturated/α-hetero) is 1.